The number of Topliss-reactive ketones (excluding diaryl/α,β-unsaturated/α-hetero) is 1. The zero-order valence-corrected chi connectivity index (χ0v) is 40.3. The van der Waals surface area contributed by atoms with Gasteiger partial charge in [-0.15, -0.1) is 11.8 Å². The second-order valence-corrected chi connectivity index (χ2v) is 19.2. The van der Waals surface area contributed by atoms with Crippen molar-refractivity contribution < 1.29 is 23.9 Å². The van der Waals surface area contributed by atoms with Crippen LogP contribution < -0.4 is 0 Å². The van der Waals surface area contributed by atoms with Crippen LogP contribution in [-0.2, 0) is 23.9 Å². The predicted octanol–water partition coefficient (Wildman–Crippen LogP) is 16.5. The number of rotatable bonds is 42. The largest absolute Gasteiger partial charge is 0.462 e. The maximum absolute atomic E-state index is 13.1. The zero-order valence-electron chi connectivity index (χ0n) is 39.5. The van der Waals surface area contributed by atoms with Gasteiger partial charge in [0.15, 0.2) is 0 Å². The van der Waals surface area contributed by atoms with E-state index in [9.17, 15) is 19.6 Å². The highest BCUT2D eigenvalue weighted by atomic mass is 32.2. The van der Waals surface area contributed by atoms with Crippen molar-refractivity contribution in [2.24, 2.45) is 0 Å². The van der Waals surface area contributed by atoms with Gasteiger partial charge in [0.05, 0.1) is 6.07 Å². The van der Waals surface area contributed by atoms with E-state index < -0.39 is 10.9 Å². The minimum Gasteiger partial charge on any atom is -0.462 e. The van der Waals surface area contributed by atoms with Crippen LogP contribution in [0.4, 0.5) is 0 Å². The van der Waals surface area contributed by atoms with Crippen LogP contribution in [0, 0.1) is 11.3 Å². The number of carbonyl (C=O) groups is 3. The van der Waals surface area contributed by atoms with Gasteiger partial charge in [0.25, 0.3) is 0 Å². The van der Waals surface area contributed by atoms with E-state index in [0.29, 0.717) is 25.7 Å². The Morgan fingerprint density at radius 1 is 0.705 bits per heavy atom. The summed E-state index contributed by atoms with van der Waals surface area (Å²) in [6.45, 7) is 10.6. The lowest BCUT2D eigenvalue weighted by atomic mass is 10.0. The van der Waals surface area contributed by atoms with Crippen LogP contribution in [-0.4, -0.2) is 35.2 Å². The molecule has 0 amide bonds. The predicted molar refractivity (Wildman–Crippen MR) is 260 cm³/mol. The lowest BCUT2D eigenvalue weighted by Gasteiger charge is -2.23. The van der Waals surface area contributed by atoms with Gasteiger partial charge in [0.2, 0.25) is 0 Å². The minimum absolute atomic E-state index is 0.00503. The molecule has 2 atom stereocenters. The van der Waals surface area contributed by atoms with Crippen LogP contribution in [0.1, 0.15) is 239 Å². The van der Waals surface area contributed by atoms with Crippen molar-refractivity contribution in [1.82, 2.24) is 0 Å². The summed E-state index contributed by atoms with van der Waals surface area (Å²) in [6.07, 6.45) is 49.5. The fourth-order valence-corrected chi connectivity index (χ4v) is 8.58. The first-order chi connectivity index (χ1) is 29.7. The first-order valence-corrected chi connectivity index (χ1v) is 25.9. The molecule has 0 aliphatic heterocycles. The number of esters is 2. The molecule has 0 fully saturated rings. The van der Waals surface area contributed by atoms with E-state index in [1.807, 2.05) is 19.1 Å². The Balaban J connectivity index is 2.45. The van der Waals surface area contributed by atoms with Crippen molar-refractivity contribution in [3.8, 4) is 6.07 Å². The van der Waals surface area contributed by atoms with Gasteiger partial charge in [-0.1, -0.05) is 166 Å². The molecule has 0 saturated carbocycles. The second kappa shape index (κ2) is 40.0. The lowest BCUT2D eigenvalue weighted by molar-refractivity contribution is -0.160. The van der Waals surface area contributed by atoms with Crippen molar-refractivity contribution in [2.75, 3.05) is 6.61 Å². The summed E-state index contributed by atoms with van der Waals surface area (Å²) < 4.78 is 10.7. The molecule has 0 aromatic rings. The summed E-state index contributed by atoms with van der Waals surface area (Å²) in [5.41, 5.74) is 1.14. The Morgan fingerprint density at radius 3 is 1.66 bits per heavy atom. The first kappa shape index (κ1) is 56.2. The van der Waals surface area contributed by atoms with Gasteiger partial charge in [0, 0.05) is 30.6 Å². The third-order valence-corrected chi connectivity index (χ3v) is 12.9. The number of allylic oxidation sites excluding steroid dienone is 8. The summed E-state index contributed by atoms with van der Waals surface area (Å²) in [4.78, 5) is 39.6. The second-order valence-electron chi connectivity index (χ2n) is 17.6. The van der Waals surface area contributed by atoms with E-state index in [4.69, 9.17) is 9.47 Å². The summed E-state index contributed by atoms with van der Waals surface area (Å²) >= 11 is 1.44. The van der Waals surface area contributed by atoms with Crippen molar-refractivity contribution in [1.29, 1.82) is 5.26 Å². The van der Waals surface area contributed by atoms with E-state index in [0.717, 1.165) is 87.5 Å². The Labute approximate surface area is 379 Å². The zero-order chi connectivity index (χ0) is 44.5. The molecule has 0 aromatic heterocycles. The number of nitrogens with zero attached hydrogens (tertiary/aromatic N) is 1. The molecule has 0 aromatic carbocycles. The Bertz CT molecular complexity index is 1320. The van der Waals surface area contributed by atoms with Crippen LogP contribution in [0.25, 0.3) is 0 Å². The van der Waals surface area contributed by atoms with E-state index in [1.54, 1.807) is 0 Å². The van der Waals surface area contributed by atoms with Crippen molar-refractivity contribution >= 4 is 29.5 Å². The fraction of sp³-hybridized carbons (Fsp3) is 0.741. The summed E-state index contributed by atoms with van der Waals surface area (Å²) in [5.74, 6) is -0.583. The van der Waals surface area contributed by atoms with Crippen LogP contribution in [0.3, 0.4) is 0 Å². The molecule has 0 saturated heterocycles. The summed E-state index contributed by atoms with van der Waals surface area (Å²) in [7, 11) is 0. The monoisotopic (exact) mass is 864 g/mol. The summed E-state index contributed by atoms with van der Waals surface area (Å²) in [5, 5.41) is 10.0. The quantitative estimate of drug-likeness (QED) is 0.0343. The number of ketones is 1. The van der Waals surface area contributed by atoms with Gasteiger partial charge in [0.1, 0.15) is 23.2 Å². The van der Waals surface area contributed by atoms with Crippen LogP contribution >= 0.6 is 11.8 Å². The van der Waals surface area contributed by atoms with Crippen LogP contribution in [0.2, 0.25) is 0 Å². The summed E-state index contributed by atoms with van der Waals surface area (Å²) in [6, 6.07) is 2.40. The Hall–Kier alpha value is -2.85. The number of nitriles is 1. The molecule has 0 spiro atoms. The maximum atomic E-state index is 13.1. The number of carbonyl (C=O) groups excluding carboxylic acids is 3. The molecule has 1 aliphatic rings. The molecule has 1 rings (SSSR count). The topological polar surface area (TPSA) is 93.5 Å². The smallest absolute Gasteiger partial charge is 0.306 e. The van der Waals surface area contributed by atoms with E-state index in [-0.39, 0.29) is 37.2 Å². The van der Waals surface area contributed by atoms with Gasteiger partial charge >= 0.3 is 11.9 Å². The van der Waals surface area contributed by atoms with Crippen molar-refractivity contribution in [3.05, 3.63) is 59.6 Å². The molecule has 7 heteroatoms. The third kappa shape index (κ3) is 34.3. The highest BCUT2D eigenvalue weighted by Gasteiger charge is 2.28. The lowest BCUT2D eigenvalue weighted by Crippen LogP contribution is -2.26. The number of hydrogen-bond donors (Lipinski definition) is 0. The molecule has 0 N–H and O–H groups in total. The minimum atomic E-state index is -0.774. The van der Waals surface area contributed by atoms with Gasteiger partial charge in [-0.25, -0.2) is 0 Å². The van der Waals surface area contributed by atoms with Crippen LogP contribution in [0.5, 0.6) is 0 Å². The van der Waals surface area contributed by atoms with Gasteiger partial charge in [-0.05, 0) is 102 Å². The molecule has 2 unspecified atom stereocenters. The van der Waals surface area contributed by atoms with Crippen LogP contribution in [0.15, 0.2) is 59.6 Å². The van der Waals surface area contributed by atoms with E-state index in [1.165, 1.54) is 114 Å². The number of ether oxygens (including phenoxy) is 2. The SMILES string of the molecule is C=C(SC(C)(C#N)CCC(=O)CCC(COC(=O)CCCCCCC/C=C/CCCCCCCC)OC(=O)CCCCCCC/C=C/CCCCCCCC)C1=CC=CCC1. The molecule has 0 bridgehead atoms. The van der Waals surface area contributed by atoms with Gasteiger partial charge in [-0.2, -0.15) is 5.26 Å². The fourth-order valence-electron chi connectivity index (χ4n) is 7.49. The molecule has 6 nitrogen and oxygen atoms in total. The molecule has 61 heavy (non-hydrogen) atoms. The van der Waals surface area contributed by atoms with E-state index in [2.05, 4.69) is 56.9 Å². The number of unbranched alkanes of at least 4 members (excludes halogenated alkanes) is 22. The molecular formula is C54H89NO5S. The molecule has 346 valence electrons. The standard InChI is InChI=1S/C54H89NO5S/c1-5-7-9-11-13-15-17-19-21-23-25-27-29-31-36-40-52(57)59-46-51(43-42-50(56)44-45-54(4,47-55)61-48(3)49-38-34-33-35-39-49)60-53(58)41-37-32-30-28-26-24-22-20-18-16-14-12-10-8-6-2/h19-22,33-34,38,51H,3,5-18,23-32,35-37,39-46H2,1-2,4H3/b21-19+,22-20+. The average molecular weight is 864 g/mol. The van der Waals surface area contributed by atoms with E-state index >= 15 is 0 Å². The number of thioether (sulfide) groups is 1. The third-order valence-electron chi connectivity index (χ3n) is 11.6. The van der Waals surface area contributed by atoms with Crippen molar-refractivity contribution in [2.45, 2.75) is 250 Å². The normalized spacial score (nSPS) is 14.2. The van der Waals surface area contributed by atoms with Gasteiger partial charge in [-0.3, -0.25) is 14.4 Å². The maximum Gasteiger partial charge on any atom is 0.306 e. The Kier molecular flexibility index (Phi) is 36.8. The molecular weight excluding hydrogens is 775 g/mol. The first-order valence-electron chi connectivity index (χ1n) is 25.0. The highest BCUT2D eigenvalue weighted by molar-refractivity contribution is 8.04. The number of hydrogen-bond acceptors (Lipinski definition) is 7. The molecule has 1 aliphatic carbocycles. The molecule has 0 radical (unpaired) electrons. The Morgan fingerprint density at radius 2 is 1.18 bits per heavy atom. The molecule has 0 heterocycles. The van der Waals surface area contributed by atoms with Crippen molar-refractivity contribution in [3.63, 3.8) is 0 Å². The average Bonchev–Trinajstić information content (AvgIpc) is 3.26. The highest BCUT2D eigenvalue weighted by Crippen LogP contribution is 2.39. The van der Waals surface area contributed by atoms with Gasteiger partial charge < -0.3 is 9.47 Å².